The van der Waals surface area contributed by atoms with Crippen molar-refractivity contribution in [1.29, 1.82) is 0 Å². The van der Waals surface area contributed by atoms with Crippen LogP contribution in [0, 0.1) is 6.92 Å². The Bertz CT molecular complexity index is 876. The maximum atomic E-state index is 4.48. The fourth-order valence-corrected chi connectivity index (χ4v) is 3.41. The Kier molecular flexibility index (Phi) is 3.74. The van der Waals surface area contributed by atoms with Gasteiger partial charge in [0.05, 0.1) is 0 Å². The molecule has 2 heterocycles. The number of benzene rings is 1. The molecule has 0 aliphatic heterocycles. The summed E-state index contributed by atoms with van der Waals surface area (Å²) in [7, 11) is 0. The van der Waals surface area contributed by atoms with Gasteiger partial charge in [0, 0.05) is 17.4 Å². The number of aromatic amines is 1. The highest BCUT2D eigenvalue weighted by Crippen LogP contribution is 2.28. The van der Waals surface area contributed by atoms with Crippen LogP contribution in [0.25, 0.3) is 21.9 Å². The SMILES string of the molecule is Cc1ccc2[nH]c3c(NCCC4=CCCCC4)ncnc3c2c1. The Balaban J connectivity index is 1.59. The Morgan fingerprint density at radius 3 is 3.04 bits per heavy atom. The summed E-state index contributed by atoms with van der Waals surface area (Å²) >= 11 is 0. The summed E-state index contributed by atoms with van der Waals surface area (Å²) in [6.07, 6.45) is 10.3. The molecule has 4 heteroatoms. The van der Waals surface area contributed by atoms with Crippen molar-refractivity contribution in [2.75, 3.05) is 11.9 Å². The van der Waals surface area contributed by atoms with Crippen LogP contribution in [0.5, 0.6) is 0 Å². The predicted octanol–water partition coefficient (Wildman–Crippen LogP) is 4.72. The molecule has 0 saturated heterocycles. The highest BCUT2D eigenvalue weighted by atomic mass is 15.0. The first-order valence-electron chi connectivity index (χ1n) is 8.46. The number of aryl methyl sites for hydroxylation is 1. The van der Waals surface area contributed by atoms with Gasteiger partial charge in [0.2, 0.25) is 0 Å². The summed E-state index contributed by atoms with van der Waals surface area (Å²) in [5.41, 5.74) is 5.95. The zero-order valence-electron chi connectivity index (χ0n) is 13.5. The molecule has 1 aliphatic rings. The van der Waals surface area contributed by atoms with Crippen LogP contribution in [0.1, 0.15) is 37.7 Å². The van der Waals surface area contributed by atoms with Gasteiger partial charge in [-0.3, -0.25) is 0 Å². The molecule has 0 fully saturated rings. The number of nitrogens with one attached hydrogen (secondary N) is 2. The van der Waals surface area contributed by atoms with Crippen molar-refractivity contribution in [2.24, 2.45) is 0 Å². The van der Waals surface area contributed by atoms with Crippen molar-refractivity contribution >= 4 is 27.8 Å². The molecule has 4 rings (SSSR count). The summed E-state index contributed by atoms with van der Waals surface area (Å²) in [5, 5.41) is 4.65. The monoisotopic (exact) mass is 306 g/mol. The van der Waals surface area contributed by atoms with Crippen molar-refractivity contribution in [1.82, 2.24) is 15.0 Å². The lowest BCUT2D eigenvalue weighted by atomic mass is 9.97. The first kappa shape index (κ1) is 14.2. The van der Waals surface area contributed by atoms with Gasteiger partial charge >= 0.3 is 0 Å². The van der Waals surface area contributed by atoms with Crippen molar-refractivity contribution in [3.63, 3.8) is 0 Å². The quantitative estimate of drug-likeness (QED) is 0.686. The standard InChI is InChI=1S/C19H22N4/c1-13-7-8-16-15(11-13)17-18(23-16)19(22-12-21-17)20-10-9-14-5-3-2-4-6-14/h5,7-8,11-12,23H,2-4,6,9-10H2,1H3,(H,20,21,22). The van der Waals surface area contributed by atoms with Crippen LogP contribution < -0.4 is 5.32 Å². The second kappa shape index (κ2) is 6.03. The fourth-order valence-electron chi connectivity index (χ4n) is 3.41. The van der Waals surface area contributed by atoms with Gasteiger partial charge in [-0.25, -0.2) is 9.97 Å². The number of nitrogens with zero attached hydrogens (tertiary/aromatic N) is 2. The highest BCUT2D eigenvalue weighted by molar-refractivity contribution is 6.08. The third kappa shape index (κ3) is 2.81. The lowest BCUT2D eigenvalue weighted by Crippen LogP contribution is -2.06. The van der Waals surface area contributed by atoms with Crippen LogP contribution in [0.2, 0.25) is 0 Å². The van der Waals surface area contributed by atoms with Crippen molar-refractivity contribution in [3.8, 4) is 0 Å². The van der Waals surface area contributed by atoms with E-state index in [1.165, 1.54) is 36.6 Å². The summed E-state index contributed by atoms with van der Waals surface area (Å²) in [5.74, 6) is 0.903. The fraction of sp³-hybridized carbons (Fsp3) is 0.368. The number of anilines is 1. The van der Waals surface area contributed by atoms with Crippen molar-refractivity contribution < 1.29 is 0 Å². The summed E-state index contributed by atoms with van der Waals surface area (Å²) in [4.78, 5) is 12.4. The zero-order chi connectivity index (χ0) is 15.6. The van der Waals surface area contributed by atoms with E-state index < -0.39 is 0 Å². The topological polar surface area (TPSA) is 53.6 Å². The number of allylic oxidation sites excluding steroid dienone is 1. The Morgan fingerprint density at radius 1 is 1.22 bits per heavy atom. The molecule has 0 saturated carbocycles. The minimum Gasteiger partial charge on any atom is -0.368 e. The summed E-state index contributed by atoms with van der Waals surface area (Å²) in [6.45, 7) is 3.03. The second-order valence-electron chi connectivity index (χ2n) is 6.40. The van der Waals surface area contributed by atoms with Gasteiger partial charge in [0.1, 0.15) is 17.4 Å². The lowest BCUT2D eigenvalue weighted by Gasteiger charge is -2.13. The van der Waals surface area contributed by atoms with Gasteiger partial charge in [-0.1, -0.05) is 23.3 Å². The van der Waals surface area contributed by atoms with E-state index in [0.29, 0.717) is 0 Å². The van der Waals surface area contributed by atoms with Crippen LogP contribution in [0.3, 0.4) is 0 Å². The van der Waals surface area contributed by atoms with Crippen LogP contribution in [-0.4, -0.2) is 21.5 Å². The minimum absolute atomic E-state index is 0.903. The smallest absolute Gasteiger partial charge is 0.153 e. The first-order chi connectivity index (χ1) is 11.3. The molecule has 3 aromatic rings. The van der Waals surface area contributed by atoms with Gasteiger partial charge in [0.15, 0.2) is 5.82 Å². The van der Waals surface area contributed by atoms with Crippen molar-refractivity contribution in [2.45, 2.75) is 39.0 Å². The molecule has 2 N–H and O–H groups in total. The van der Waals surface area contributed by atoms with Gasteiger partial charge in [-0.2, -0.15) is 0 Å². The van der Waals surface area contributed by atoms with E-state index in [4.69, 9.17) is 0 Å². The summed E-state index contributed by atoms with van der Waals surface area (Å²) in [6, 6.07) is 6.41. The molecule has 0 bridgehead atoms. The molecule has 0 unspecified atom stereocenters. The number of hydrogen-bond acceptors (Lipinski definition) is 3. The number of rotatable bonds is 4. The molecule has 2 aromatic heterocycles. The van der Waals surface area contributed by atoms with Crippen LogP contribution in [0.4, 0.5) is 5.82 Å². The molecular formula is C19H22N4. The molecule has 0 atom stereocenters. The van der Waals surface area contributed by atoms with E-state index in [1.54, 1.807) is 11.9 Å². The van der Waals surface area contributed by atoms with E-state index in [2.05, 4.69) is 51.5 Å². The Labute approximate surface area is 136 Å². The molecular weight excluding hydrogens is 284 g/mol. The van der Waals surface area contributed by atoms with E-state index in [9.17, 15) is 0 Å². The molecule has 4 nitrogen and oxygen atoms in total. The third-order valence-corrected chi connectivity index (χ3v) is 4.66. The molecule has 1 aliphatic carbocycles. The summed E-state index contributed by atoms with van der Waals surface area (Å²) < 4.78 is 0. The Morgan fingerprint density at radius 2 is 2.17 bits per heavy atom. The molecule has 0 spiro atoms. The maximum Gasteiger partial charge on any atom is 0.153 e. The number of hydrogen-bond donors (Lipinski definition) is 2. The number of fused-ring (bicyclic) bond motifs is 3. The van der Waals surface area contributed by atoms with Crippen molar-refractivity contribution in [3.05, 3.63) is 41.7 Å². The normalized spacial score (nSPS) is 15.1. The minimum atomic E-state index is 0.903. The van der Waals surface area contributed by atoms with E-state index in [-0.39, 0.29) is 0 Å². The van der Waals surface area contributed by atoms with Gasteiger partial charge in [-0.15, -0.1) is 0 Å². The highest BCUT2D eigenvalue weighted by Gasteiger charge is 2.11. The average molecular weight is 306 g/mol. The molecule has 0 amide bonds. The third-order valence-electron chi connectivity index (χ3n) is 4.66. The van der Waals surface area contributed by atoms with Crippen LogP contribution in [-0.2, 0) is 0 Å². The van der Waals surface area contributed by atoms with Crippen LogP contribution in [0.15, 0.2) is 36.2 Å². The maximum absolute atomic E-state index is 4.48. The molecule has 0 radical (unpaired) electrons. The predicted molar refractivity (Wildman–Crippen MR) is 95.8 cm³/mol. The largest absolute Gasteiger partial charge is 0.368 e. The van der Waals surface area contributed by atoms with Gasteiger partial charge in [0.25, 0.3) is 0 Å². The van der Waals surface area contributed by atoms with Gasteiger partial charge < -0.3 is 10.3 Å². The van der Waals surface area contributed by atoms with E-state index in [0.717, 1.165) is 35.3 Å². The number of H-pyrrole nitrogens is 1. The molecule has 118 valence electrons. The second-order valence-corrected chi connectivity index (χ2v) is 6.40. The first-order valence-corrected chi connectivity index (χ1v) is 8.46. The average Bonchev–Trinajstić information content (AvgIpc) is 2.95. The van der Waals surface area contributed by atoms with E-state index >= 15 is 0 Å². The Hall–Kier alpha value is -2.36. The lowest BCUT2D eigenvalue weighted by molar-refractivity contribution is 0.679. The molecule has 1 aromatic carbocycles. The van der Waals surface area contributed by atoms with Crippen LogP contribution >= 0.6 is 0 Å². The zero-order valence-corrected chi connectivity index (χ0v) is 13.5. The number of aromatic nitrogens is 3. The van der Waals surface area contributed by atoms with E-state index in [1.807, 2.05) is 0 Å². The van der Waals surface area contributed by atoms with Gasteiger partial charge in [-0.05, 0) is 51.2 Å². The molecule has 23 heavy (non-hydrogen) atoms.